The Morgan fingerprint density at radius 3 is 2.71 bits per heavy atom. The molecule has 152 valence electrons. The summed E-state index contributed by atoms with van der Waals surface area (Å²) in [7, 11) is 0. The number of alkyl carbamates (subject to hydrolysis) is 1. The zero-order valence-electron chi connectivity index (χ0n) is 16.7. The van der Waals surface area contributed by atoms with Gasteiger partial charge in [0.2, 0.25) is 0 Å². The van der Waals surface area contributed by atoms with E-state index in [-0.39, 0.29) is 24.3 Å². The van der Waals surface area contributed by atoms with E-state index >= 15 is 0 Å². The smallest absolute Gasteiger partial charge is 0.407 e. The molecule has 2 aromatic heterocycles. The minimum Gasteiger partial charge on any atom is -0.444 e. The van der Waals surface area contributed by atoms with E-state index in [0.29, 0.717) is 23.4 Å². The Hall–Kier alpha value is -2.46. The van der Waals surface area contributed by atoms with Crippen molar-refractivity contribution in [3.8, 4) is 0 Å². The van der Waals surface area contributed by atoms with Crippen LogP contribution in [0.5, 0.6) is 0 Å². The van der Waals surface area contributed by atoms with Crippen LogP contribution in [0.2, 0.25) is 0 Å². The molecule has 3 heterocycles. The lowest BCUT2D eigenvalue weighted by atomic mass is 10.2. The summed E-state index contributed by atoms with van der Waals surface area (Å²) in [6, 6.07) is -0.408. The van der Waals surface area contributed by atoms with Crippen molar-refractivity contribution in [1.29, 1.82) is 0 Å². The van der Waals surface area contributed by atoms with Gasteiger partial charge in [0.1, 0.15) is 29.7 Å². The van der Waals surface area contributed by atoms with Crippen molar-refractivity contribution in [2.45, 2.75) is 76.7 Å². The topological polar surface area (TPSA) is 126 Å². The first kappa shape index (κ1) is 18.9. The Bertz CT molecular complexity index is 905. The van der Waals surface area contributed by atoms with Crippen LogP contribution >= 0.6 is 0 Å². The molecule has 4 rings (SSSR count). The molecule has 0 aromatic carbocycles. The van der Waals surface area contributed by atoms with E-state index < -0.39 is 17.5 Å². The summed E-state index contributed by atoms with van der Waals surface area (Å²) in [4.78, 5) is 25.0. The number of nitrogens with zero attached hydrogens (tertiary/aromatic N) is 4. The third-order valence-electron chi connectivity index (χ3n) is 4.88. The van der Waals surface area contributed by atoms with E-state index in [1.165, 1.54) is 6.33 Å². The van der Waals surface area contributed by atoms with Crippen molar-refractivity contribution in [3.05, 3.63) is 12.7 Å². The van der Waals surface area contributed by atoms with Gasteiger partial charge in [-0.1, -0.05) is 0 Å². The molecule has 10 nitrogen and oxygen atoms in total. The fraction of sp³-hybridized carbons (Fsp3) is 0.667. The van der Waals surface area contributed by atoms with Gasteiger partial charge >= 0.3 is 6.09 Å². The molecular weight excluding hydrogens is 364 g/mol. The molecule has 1 aliphatic heterocycles. The molecule has 0 spiro atoms. The predicted octanol–water partition coefficient (Wildman–Crippen LogP) is 1.77. The molecule has 0 unspecified atom stereocenters. The number of rotatable bonds is 2. The first-order chi connectivity index (χ1) is 13.0. The SMILES string of the molecule is CC(C)(C)OC(=O)N[C@H]1C[C@@H](n2cnc3c(N)ncnc32)[C@@H]2OC(C)(C)O[C@@H]21. The lowest BCUT2D eigenvalue weighted by Gasteiger charge is -2.26. The third-order valence-corrected chi connectivity index (χ3v) is 4.88. The van der Waals surface area contributed by atoms with Crippen molar-refractivity contribution < 1.29 is 19.0 Å². The van der Waals surface area contributed by atoms with Crippen LogP contribution in [0.3, 0.4) is 0 Å². The number of imidazole rings is 1. The second kappa shape index (κ2) is 6.28. The number of anilines is 1. The van der Waals surface area contributed by atoms with Crippen LogP contribution in [0.1, 0.15) is 47.1 Å². The summed E-state index contributed by atoms with van der Waals surface area (Å²) in [5.41, 5.74) is 6.50. The summed E-state index contributed by atoms with van der Waals surface area (Å²) < 4.78 is 19.6. The van der Waals surface area contributed by atoms with Gasteiger partial charge in [-0.2, -0.15) is 0 Å². The number of hydrogen-bond donors (Lipinski definition) is 2. The highest BCUT2D eigenvalue weighted by Crippen LogP contribution is 2.44. The first-order valence-electron chi connectivity index (χ1n) is 9.32. The number of nitrogen functional groups attached to an aromatic ring is 1. The van der Waals surface area contributed by atoms with Gasteiger partial charge < -0.3 is 29.8 Å². The predicted molar refractivity (Wildman–Crippen MR) is 100 cm³/mol. The normalized spacial score (nSPS) is 29.0. The number of fused-ring (bicyclic) bond motifs is 2. The zero-order chi connectivity index (χ0) is 20.3. The Kier molecular flexibility index (Phi) is 4.23. The number of ether oxygens (including phenoxy) is 3. The number of hydrogen-bond acceptors (Lipinski definition) is 8. The molecule has 2 aliphatic rings. The van der Waals surface area contributed by atoms with E-state index in [4.69, 9.17) is 19.9 Å². The number of carbonyl (C=O) groups excluding carboxylic acids is 1. The van der Waals surface area contributed by atoms with Gasteiger partial charge in [0, 0.05) is 0 Å². The Balaban J connectivity index is 1.63. The number of nitrogens with one attached hydrogen (secondary N) is 1. The highest BCUT2D eigenvalue weighted by molar-refractivity contribution is 5.81. The molecule has 0 bridgehead atoms. The van der Waals surface area contributed by atoms with E-state index in [0.717, 1.165) is 0 Å². The summed E-state index contributed by atoms with van der Waals surface area (Å²) in [5.74, 6) is -0.433. The van der Waals surface area contributed by atoms with Crippen LogP contribution in [0, 0.1) is 0 Å². The minimum absolute atomic E-state index is 0.133. The van der Waals surface area contributed by atoms with Gasteiger partial charge in [-0.05, 0) is 41.0 Å². The zero-order valence-corrected chi connectivity index (χ0v) is 16.7. The van der Waals surface area contributed by atoms with Crippen molar-refractivity contribution in [3.63, 3.8) is 0 Å². The van der Waals surface area contributed by atoms with Crippen molar-refractivity contribution >= 4 is 23.1 Å². The molecule has 3 N–H and O–H groups in total. The highest BCUT2D eigenvalue weighted by Gasteiger charge is 2.55. The van der Waals surface area contributed by atoms with Crippen LogP contribution < -0.4 is 11.1 Å². The number of amides is 1. The van der Waals surface area contributed by atoms with E-state index in [2.05, 4.69) is 20.3 Å². The number of aromatic nitrogens is 4. The summed E-state index contributed by atoms with van der Waals surface area (Å²) >= 11 is 0. The molecule has 10 heteroatoms. The molecular formula is C18H26N6O4. The average molecular weight is 390 g/mol. The van der Waals surface area contributed by atoms with E-state index in [1.807, 2.05) is 39.2 Å². The molecule has 2 aromatic rings. The van der Waals surface area contributed by atoms with E-state index in [1.54, 1.807) is 6.33 Å². The lowest BCUT2D eigenvalue weighted by Crippen LogP contribution is -2.45. The molecule has 1 saturated heterocycles. The Labute approximate surface area is 162 Å². The first-order valence-corrected chi connectivity index (χ1v) is 9.32. The summed E-state index contributed by atoms with van der Waals surface area (Å²) in [6.07, 6.45) is 2.61. The Morgan fingerprint density at radius 2 is 2.00 bits per heavy atom. The maximum atomic E-state index is 12.3. The maximum absolute atomic E-state index is 12.3. The van der Waals surface area contributed by atoms with Gasteiger partial charge in [-0.25, -0.2) is 19.7 Å². The second-order valence-corrected chi connectivity index (χ2v) is 8.70. The van der Waals surface area contributed by atoms with Gasteiger partial charge in [0.15, 0.2) is 17.3 Å². The molecule has 0 radical (unpaired) electrons. The molecule has 1 aliphatic carbocycles. The van der Waals surface area contributed by atoms with E-state index in [9.17, 15) is 4.79 Å². The fourth-order valence-corrected chi connectivity index (χ4v) is 3.94. The van der Waals surface area contributed by atoms with Crippen molar-refractivity contribution in [2.24, 2.45) is 0 Å². The highest BCUT2D eigenvalue weighted by atomic mass is 16.8. The number of nitrogens with two attached hydrogens (primary N) is 1. The molecule has 2 fully saturated rings. The van der Waals surface area contributed by atoms with Gasteiger partial charge in [0.05, 0.1) is 18.4 Å². The molecule has 4 atom stereocenters. The van der Waals surface area contributed by atoms with Gasteiger partial charge in [-0.15, -0.1) is 0 Å². The minimum atomic E-state index is -0.758. The molecule has 1 saturated carbocycles. The van der Waals surface area contributed by atoms with Crippen molar-refractivity contribution in [2.75, 3.05) is 5.73 Å². The summed E-state index contributed by atoms with van der Waals surface area (Å²) in [5, 5.41) is 2.94. The monoisotopic (exact) mass is 390 g/mol. The summed E-state index contributed by atoms with van der Waals surface area (Å²) in [6.45, 7) is 9.20. The van der Waals surface area contributed by atoms with Crippen LogP contribution in [0.15, 0.2) is 12.7 Å². The maximum Gasteiger partial charge on any atom is 0.407 e. The van der Waals surface area contributed by atoms with Crippen molar-refractivity contribution in [1.82, 2.24) is 24.8 Å². The van der Waals surface area contributed by atoms with Crippen LogP contribution in [-0.2, 0) is 14.2 Å². The lowest BCUT2D eigenvalue weighted by molar-refractivity contribution is -0.157. The molecule has 28 heavy (non-hydrogen) atoms. The van der Waals surface area contributed by atoms with Gasteiger partial charge in [0.25, 0.3) is 0 Å². The fourth-order valence-electron chi connectivity index (χ4n) is 3.94. The largest absolute Gasteiger partial charge is 0.444 e. The van der Waals surface area contributed by atoms with Crippen LogP contribution in [-0.4, -0.2) is 55.3 Å². The third kappa shape index (κ3) is 3.37. The average Bonchev–Trinajstić information content (AvgIpc) is 3.18. The standard InChI is InChI=1S/C18H26N6O4/c1-17(2,3)28-16(25)23-9-6-10(13-12(9)26-18(4,5)27-13)24-8-22-11-14(19)20-7-21-15(11)24/h7-10,12-13H,6H2,1-5H3,(H,23,25)(H2,19,20,21)/t9-,10+,12+,13-/m0/s1. The Morgan fingerprint density at radius 1 is 1.29 bits per heavy atom. The van der Waals surface area contributed by atoms with Gasteiger partial charge in [-0.3, -0.25) is 0 Å². The van der Waals surface area contributed by atoms with Crippen LogP contribution in [0.4, 0.5) is 10.6 Å². The number of carbonyl (C=O) groups is 1. The molecule has 1 amide bonds. The quantitative estimate of drug-likeness (QED) is 0.794. The van der Waals surface area contributed by atoms with Crippen LogP contribution in [0.25, 0.3) is 11.2 Å². The second-order valence-electron chi connectivity index (χ2n) is 8.70.